The minimum absolute atomic E-state index is 0.236. The van der Waals surface area contributed by atoms with Gasteiger partial charge in [0.05, 0.1) is 11.3 Å². The van der Waals surface area contributed by atoms with Crippen molar-refractivity contribution >= 4 is 11.8 Å². The molecule has 0 bridgehead atoms. The van der Waals surface area contributed by atoms with Gasteiger partial charge in [0.2, 0.25) is 0 Å². The molecule has 2 aromatic rings. The fourth-order valence-corrected chi connectivity index (χ4v) is 1.67. The summed E-state index contributed by atoms with van der Waals surface area (Å²) in [7, 11) is 0. The number of pyridine rings is 1. The van der Waals surface area contributed by atoms with Gasteiger partial charge in [-0.15, -0.1) is 0 Å². The number of carboxylic acid groups (broad SMARTS) is 1. The molecular formula is C14H14N2O2. The average Bonchev–Trinajstić information content (AvgIpc) is 2.37. The molecular weight excluding hydrogens is 228 g/mol. The summed E-state index contributed by atoms with van der Waals surface area (Å²) < 4.78 is 0. The molecule has 2 N–H and O–H groups in total. The Labute approximate surface area is 105 Å². The van der Waals surface area contributed by atoms with Crippen LogP contribution in [0.15, 0.2) is 42.5 Å². The summed E-state index contributed by atoms with van der Waals surface area (Å²) in [6.07, 6.45) is 0. The van der Waals surface area contributed by atoms with Gasteiger partial charge in [0.25, 0.3) is 0 Å². The number of aromatic nitrogens is 1. The SMILES string of the molecule is Cc1nc(NCc2ccccc2)ccc1C(=O)O. The number of anilines is 1. The van der Waals surface area contributed by atoms with Crippen LogP contribution in [0.3, 0.4) is 0 Å². The van der Waals surface area contributed by atoms with Crippen molar-refractivity contribution in [3.63, 3.8) is 0 Å². The van der Waals surface area contributed by atoms with Crippen LogP contribution in [0.4, 0.5) is 5.82 Å². The maximum atomic E-state index is 10.9. The number of rotatable bonds is 4. The number of benzene rings is 1. The number of hydrogen-bond acceptors (Lipinski definition) is 3. The molecule has 0 aliphatic rings. The van der Waals surface area contributed by atoms with E-state index in [-0.39, 0.29) is 5.56 Å². The van der Waals surface area contributed by atoms with Gasteiger partial charge in [-0.05, 0) is 24.6 Å². The van der Waals surface area contributed by atoms with Crippen LogP contribution >= 0.6 is 0 Å². The molecule has 1 heterocycles. The zero-order chi connectivity index (χ0) is 13.0. The lowest BCUT2D eigenvalue weighted by molar-refractivity contribution is 0.0695. The van der Waals surface area contributed by atoms with Crippen LogP contribution in [0.25, 0.3) is 0 Å². The number of carbonyl (C=O) groups is 1. The van der Waals surface area contributed by atoms with Crippen LogP contribution in [0.2, 0.25) is 0 Å². The lowest BCUT2D eigenvalue weighted by Gasteiger charge is -2.07. The summed E-state index contributed by atoms with van der Waals surface area (Å²) in [5, 5.41) is 12.1. The third-order valence-electron chi connectivity index (χ3n) is 2.63. The number of aryl methyl sites for hydroxylation is 1. The van der Waals surface area contributed by atoms with Gasteiger partial charge >= 0.3 is 5.97 Å². The first-order valence-electron chi connectivity index (χ1n) is 5.65. The molecule has 0 aliphatic heterocycles. The molecule has 0 aliphatic carbocycles. The highest BCUT2D eigenvalue weighted by Crippen LogP contribution is 2.11. The molecule has 2 rings (SSSR count). The molecule has 4 heteroatoms. The largest absolute Gasteiger partial charge is 0.478 e. The number of hydrogen-bond donors (Lipinski definition) is 2. The smallest absolute Gasteiger partial charge is 0.337 e. The van der Waals surface area contributed by atoms with Crippen molar-refractivity contribution in [1.29, 1.82) is 0 Å². The Bertz CT molecular complexity index is 553. The Balaban J connectivity index is 2.07. The van der Waals surface area contributed by atoms with Crippen LogP contribution in [0, 0.1) is 6.92 Å². The number of nitrogens with one attached hydrogen (secondary N) is 1. The summed E-state index contributed by atoms with van der Waals surface area (Å²) in [5.41, 5.74) is 1.90. The molecule has 0 amide bonds. The van der Waals surface area contributed by atoms with E-state index < -0.39 is 5.97 Å². The molecule has 0 saturated heterocycles. The van der Waals surface area contributed by atoms with Gasteiger partial charge < -0.3 is 10.4 Å². The third-order valence-corrected chi connectivity index (χ3v) is 2.63. The molecule has 0 saturated carbocycles. The quantitative estimate of drug-likeness (QED) is 0.865. The average molecular weight is 242 g/mol. The summed E-state index contributed by atoms with van der Waals surface area (Å²) >= 11 is 0. The first-order valence-corrected chi connectivity index (χ1v) is 5.65. The summed E-state index contributed by atoms with van der Waals surface area (Å²) in [4.78, 5) is 15.1. The van der Waals surface area contributed by atoms with E-state index in [0.717, 1.165) is 5.56 Å². The minimum Gasteiger partial charge on any atom is -0.478 e. The highest BCUT2D eigenvalue weighted by molar-refractivity contribution is 5.89. The normalized spacial score (nSPS) is 10.1. The van der Waals surface area contributed by atoms with Crippen LogP contribution in [-0.2, 0) is 6.54 Å². The van der Waals surface area contributed by atoms with E-state index in [1.54, 1.807) is 19.1 Å². The molecule has 92 valence electrons. The molecule has 0 unspecified atom stereocenters. The first kappa shape index (κ1) is 12.1. The van der Waals surface area contributed by atoms with Crippen molar-refractivity contribution in [2.75, 3.05) is 5.32 Å². The van der Waals surface area contributed by atoms with E-state index in [1.807, 2.05) is 30.3 Å². The van der Waals surface area contributed by atoms with Gasteiger partial charge in [0, 0.05) is 6.54 Å². The summed E-state index contributed by atoms with van der Waals surface area (Å²) in [6, 6.07) is 13.2. The molecule has 0 fully saturated rings. The Morgan fingerprint density at radius 3 is 2.56 bits per heavy atom. The maximum Gasteiger partial charge on any atom is 0.337 e. The van der Waals surface area contributed by atoms with E-state index in [2.05, 4.69) is 10.3 Å². The van der Waals surface area contributed by atoms with E-state index in [4.69, 9.17) is 5.11 Å². The van der Waals surface area contributed by atoms with Crippen LogP contribution in [0.5, 0.6) is 0 Å². The lowest BCUT2D eigenvalue weighted by atomic mass is 10.2. The summed E-state index contributed by atoms with van der Waals surface area (Å²) in [6.45, 7) is 2.36. The number of carboxylic acids is 1. The van der Waals surface area contributed by atoms with Gasteiger partial charge in [-0.25, -0.2) is 9.78 Å². The highest BCUT2D eigenvalue weighted by atomic mass is 16.4. The second kappa shape index (κ2) is 5.31. The van der Waals surface area contributed by atoms with Gasteiger partial charge in [0.15, 0.2) is 0 Å². The lowest BCUT2D eigenvalue weighted by Crippen LogP contribution is -2.06. The van der Waals surface area contributed by atoms with E-state index in [0.29, 0.717) is 18.1 Å². The predicted molar refractivity (Wildman–Crippen MR) is 69.7 cm³/mol. The topological polar surface area (TPSA) is 62.2 Å². The molecule has 1 aromatic heterocycles. The Morgan fingerprint density at radius 1 is 1.22 bits per heavy atom. The van der Waals surface area contributed by atoms with E-state index >= 15 is 0 Å². The van der Waals surface area contributed by atoms with Crippen molar-refractivity contribution in [3.8, 4) is 0 Å². The maximum absolute atomic E-state index is 10.9. The van der Waals surface area contributed by atoms with Crippen LogP contribution in [-0.4, -0.2) is 16.1 Å². The molecule has 0 radical (unpaired) electrons. The van der Waals surface area contributed by atoms with Crippen LogP contribution in [0.1, 0.15) is 21.6 Å². The van der Waals surface area contributed by atoms with Gasteiger partial charge in [0.1, 0.15) is 5.82 Å². The predicted octanol–water partition coefficient (Wildman–Crippen LogP) is 2.70. The van der Waals surface area contributed by atoms with Gasteiger partial charge in [-0.2, -0.15) is 0 Å². The van der Waals surface area contributed by atoms with Gasteiger partial charge in [-0.1, -0.05) is 30.3 Å². The van der Waals surface area contributed by atoms with Crippen molar-refractivity contribution in [1.82, 2.24) is 4.98 Å². The Hall–Kier alpha value is -2.36. The third kappa shape index (κ3) is 2.85. The number of nitrogens with zero attached hydrogens (tertiary/aromatic N) is 1. The zero-order valence-electron chi connectivity index (χ0n) is 10.1. The Kier molecular flexibility index (Phi) is 3.57. The molecule has 1 aromatic carbocycles. The standard InChI is InChI=1S/C14H14N2O2/c1-10-12(14(17)18)7-8-13(16-10)15-9-11-5-3-2-4-6-11/h2-8H,9H2,1H3,(H,15,16)(H,17,18). The van der Waals surface area contributed by atoms with Crippen molar-refractivity contribution in [2.45, 2.75) is 13.5 Å². The number of aromatic carboxylic acids is 1. The summed E-state index contributed by atoms with van der Waals surface area (Å²) in [5.74, 6) is -0.268. The highest BCUT2D eigenvalue weighted by Gasteiger charge is 2.08. The Morgan fingerprint density at radius 2 is 1.94 bits per heavy atom. The van der Waals surface area contributed by atoms with Gasteiger partial charge in [-0.3, -0.25) is 0 Å². The van der Waals surface area contributed by atoms with E-state index in [1.165, 1.54) is 0 Å². The van der Waals surface area contributed by atoms with Crippen LogP contribution < -0.4 is 5.32 Å². The minimum atomic E-state index is -0.949. The van der Waals surface area contributed by atoms with Crippen molar-refractivity contribution < 1.29 is 9.90 Å². The monoisotopic (exact) mass is 242 g/mol. The zero-order valence-corrected chi connectivity index (χ0v) is 10.1. The fraction of sp³-hybridized carbons (Fsp3) is 0.143. The fourth-order valence-electron chi connectivity index (χ4n) is 1.67. The molecule has 0 atom stereocenters. The van der Waals surface area contributed by atoms with Crippen molar-refractivity contribution in [3.05, 3.63) is 59.3 Å². The van der Waals surface area contributed by atoms with E-state index in [9.17, 15) is 4.79 Å². The molecule has 0 spiro atoms. The second-order valence-electron chi connectivity index (χ2n) is 3.97. The molecule has 4 nitrogen and oxygen atoms in total. The van der Waals surface area contributed by atoms with Crippen molar-refractivity contribution in [2.24, 2.45) is 0 Å². The second-order valence-corrected chi connectivity index (χ2v) is 3.97. The molecule has 18 heavy (non-hydrogen) atoms. The first-order chi connectivity index (χ1) is 8.66.